The smallest absolute Gasteiger partial charge is 0.163 e. The largest absolute Gasteiger partial charge is 0.372 e. The zero-order chi connectivity index (χ0) is 16.9. The van der Waals surface area contributed by atoms with Gasteiger partial charge in [-0.15, -0.1) is 11.3 Å². The van der Waals surface area contributed by atoms with Crippen LogP contribution in [0.25, 0.3) is 0 Å². The predicted molar refractivity (Wildman–Crippen MR) is 101 cm³/mol. The summed E-state index contributed by atoms with van der Waals surface area (Å²) in [5, 5.41) is 9.27. The maximum Gasteiger partial charge on any atom is 0.163 e. The lowest BCUT2D eigenvalue weighted by molar-refractivity contribution is -0.118. The van der Waals surface area contributed by atoms with Gasteiger partial charge in [0, 0.05) is 22.6 Å². The fourth-order valence-electron chi connectivity index (χ4n) is 3.73. The Kier molecular flexibility index (Phi) is 3.53. The molecule has 0 unspecified atom stereocenters. The van der Waals surface area contributed by atoms with Crippen LogP contribution in [-0.2, 0) is 4.79 Å². The molecule has 0 spiro atoms. The van der Waals surface area contributed by atoms with Crippen molar-refractivity contribution in [1.82, 2.24) is 0 Å². The molecule has 1 aromatic carbocycles. The van der Waals surface area contributed by atoms with Crippen LogP contribution in [0.4, 0.5) is 11.4 Å². The van der Waals surface area contributed by atoms with E-state index in [0.29, 0.717) is 6.42 Å². The molecule has 3 nitrogen and oxygen atoms in total. The highest BCUT2D eigenvalue weighted by Gasteiger charge is 2.38. The number of fused-ring (bicyclic) bond motifs is 1. The van der Waals surface area contributed by atoms with Gasteiger partial charge in [-0.25, -0.2) is 0 Å². The Morgan fingerprint density at radius 3 is 2.75 bits per heavy atom. The molecule has 1 aliphatic carbocycles. The molecule has 0 amide bonds. The van der Waals surface area contributed by atoms with Gasteiger partial charge in [-0.05, 0) is 47.9 Å². The maximum absolute atomic E-state index is 13.0. The first kappa shape index (κ1) is 15.5. The lowest BCUT2D eigenvalue weighted by Gasteiger charge is -2.33. The molecule has 2 aliphatic rings. The van der Waals surface area contributed by atoms with E-state index in [2.05, 4.69) is 67.1 Å². The number of rotatable bonds is 1. The summed E-state index contributed by atoms with van der Waals surface area (Å²) in [5.74, 6) is 0.254. The number of ketones is 1. The quantitative estimate of drug-likeness (QED) is 0.743. The summed E-state index contributed by atoms with van der Waals surface area (Å²) < 4.78 is 0. The van der Waals surface area contributed by atoms with Gasteiger partial charge in [0.15, 0.2) is 5.78 Å². The number of aryl methyl sites for hydroxylation is 1. The topological polar surface area (TPSA) is 41.1 Å². The van der Waals surface area contributed by atoms with Crippen LogP contribution < -0.4 is 10.6 Å². The van der Waals surface area contributed by atoms with E-state index in [4.69, 9.17) is 0 Å². The zero-order valence-electron chi connectivity index (χ0n) is 14.3. The third-order valence-electron chi connectivity index (χ3n) is 4.80. The molecule has 0 fully saturated rings. The van der Waals surface area contributed by atoms with E-state index >= 15 is 0 Å². The number of nitrogens with one attached hydrogen (secondary N) is 2. The molecule has 1 aliphatic heterocycles. The van der Waals surface area contributed by atoms with Gasteiger partial charge in [0.1, 0.15) is 0 Å². The van der Waals surface area contributed by atoms with Crippen molar-refractivity contribution in [3.63, 3.8) is 0 Å². The average molecular weight is 338 g/mol. The van der Waals surface area contributed by atoms with Crippen LogP contribution in [0.5, 0.6) is 0 Å². The first-order valence-electron chi connectivity index (χ1n) is 8.37. The second-order valence-electron chi connectivity index (χ2n) is 7.60. The molecular weight excluding hydrogens is 316 g/mol. The molecule has 124 valence electrons. The molecule has 2 N–H and O–H groups in total. The number of anilines is 2. The van der Waals surface area contributed by atoms with Crippen molar-refractivity contribution in [3.8, 4) is 0 Å². The molecule has 0 radical (unpaired) electrons. The van der Waals surface area contributed by atoms with Crippen molar-refractivity contribution in [2.75, 3.05) is 10.6 Å². The first-order chi connectivity index (χ1) is 11.4. The summed E-state index contributed by atoms with van der Waals surface area (Å²) in [6, 6.07) is 10.5. The molecule has 4 rings (SSSR count). The first-order valence-corrected chi connectivity index (χ1v) is 9.25. The monoisotopic (exact) mass is 338 g/mol. The van der Waals surface area contributed by atoms with Gasteiger partial charge in [-0.1, -0.05) is 26.0 Å². The minimum atomic E-state index is -0.0702. The molecule has 2 aromatic rings. The highest BCUT2D eigenvalue weighted by molar-refractivity contribution is 7.10. The number of hydrogen-bond acceptors (Lipinski definition) is 4. The van der Waals surface area contributed by atoms with Gasteiger partial charge in [-0.3, -0.25) is 4.79 Å². The molecule has 0 saturated carbocycles. The molecule has 0 bridgehead atoms. The van der Waals surface area contributed by atoms with Crippen LogP contribution in [0, 0.1) is 12.3 Å². The number of carbonyl (C=O) groups excluding carboxylic acids is 1. The van der Waals surface area contributed by atoms with Gasteiger partial charge in [0.25, 0.3) is 0 Å². The number of allylic oxidation sites excluding steroid dienone is 1. The number of carbonyl (C=O) groups is 1. The number of Topliss-reactive ketones (excluding diaryl/α,β-unsaturated/α-hetero) is 1. The summed E-state index contributed by atoms with van der Waals surface area (Å²) in [6.45, 7) is 6.43. The van der Waals surface area contributed by atoms with E-state index in [-0.39, 0.29) is 17.2 Å². The van der Waals surface area contributed by atoms with Crippen LogP contribution in [0.3, 0.4) is 0 Å². The standard InChI is InChI=1S/C20H22N2OS/c1-12-6-7-13-14(9-12)22-19(17-5-4-8-24-17)18-15(21-13)10-20(2,3)11-16(18)23/h4-9,19,21-22H,10-11H2,1-3H3/t19-/m0/s1. The highest BCUT2D eigenvalue weighted by atomic mass is 32.1. The number of hydrogen-bond donors (Lipinski definition) is 2. The maximum atomic E-state index is 13.0. The van der Waals surface area contributed by atoms with Crippen LogP contribution in [-0.4, -0.2) is 5.78 Å². The average Bonchev–Trinajstić information content (AvgIpc) is 2.96. The molecule has 2 heterocycles. The molecule has 24 heavy (non-hydrogen) atoms. The van der Waals surface area contributed by atoms with E-state index in [1.807, 2.05) is 0 Å². The highest BCUT2D eigenvalue weighted by Crippen LogP contribution is 2.46. The van der Waals surface area contributed by atoms with Crippen molar-refractivity contribution in [3.05, 3.63) is 57.4 Å². The minimum Gasteiger partial charge on any atom is -0.372 e. The van der Waals surface area contributed by atoms with Crippen LogP contribution in [0.1, 0.15) is 43.2 Å². The molecule has 1 atom stereocenters. The van der Waals surface area contributed by atoms with E-state index in [9.17, 15) is 4.79 Å². The van der Waals surface area contributed by atoms with Crippen molar-refractivity contribution >= 4 is 28.5 Å². The van der Waals surface area contributed by atoms with Gasteiger partial charge < -0.3 is 10.6 Å². The molecular formula is C20H22N2OS. The van der Waals surface area contributed by atoms with E-state index in [1.165, 1.54) is 10.4 Å². The van der Waals surface area contributed by atoms with Gasteiger partial charge in [0.2, 0.25) is 0 Å². The Labute approximate surface area is 146 Å². The summed E-state index contributed by atoms with van der Waals surface area (Å²) in [4.78, 5) is 14.2. The summed E-state index contributed by atoms with van der Waals surface area (Å²) in [5.41, 5.74) is 5.30. The van der Waals surface area contributed by atoms with Crippen molar-refractivity contribution in [2.45, 2.75) is 39.7 Å². The fourth-order valence-corrected chi connectivity index (χ4v) is 4.51. The molecule has 4 heteroatoms. The third kappa shape index (κ3) is 2.65. The lowest BCUT2D eigenvalue weighted by Crippen LogP contribution is -2.31. The Balaban J connectivity index is 1.89. The van der Waals surface area contributed by atoms with E-state index < -0.39 is 0 Å². The van der Waals surface area contributed by atoms with Crippen LogP contribution in [0.2, 0.25) is 0 Å². The summed E-state index contributed by atoms with van der Waals surface area (Å²) >= 11 is 1.70. The van der Waals surface area contributed by atoms with E-state index in [1.54, 1.807) is 11.3 Å². The lowest BCUT2D eigenvalue weighted by atomic mass is 9.74. The SMILES string of the molecule is Cc1ccc2c(c1)N[C@@H](c1cccs1)C1=C(CC(C)(C)CC1=O)N2. The number of benzene rings is 1. The van der Waals surface area contributed by atoms with Gasteiger partial charge in [0.05, 0.1) is 17.4 Å². The Hall–Kier alpha value is -2.07. The van der Waals surface area contributed by atoms with Crippen molar-refractivity contribution in [2.24, 2.45) is 5.41 Å². The Bertz CT molecular complexity index is 833. The fraction of sp³-hybridized carbons (Fsp3) is 0.350. The second-order valence-corrected chi connectivity index (χ2v) is 8.58. The normalized spacial score (nSPS) is 22.1. The zero-order valence-corrected chi connectivity index (χ0v) is 15.1. The molecule has 1 aromatic heterocycles. The Morgan fingerprint density at radius 2 is 2.00 bits per heavy atom. The molecule has 0 saturated heterocycles. The minimum absolute atomic E-state index is 0.00187. The van der Waals surface area contributed by atoms with Crippen molar-refractivity contribution < 1.29 is 4.79 Å². The summed E-state index contributed by atoms with van der Waals surface area (Å²) in [6.07, 6.45) is 1.50. The number of thiophene rings is 1. The van der Waals surface area contributed by atoms with Gasteiger partial charge >= 0.3 is 0 Å². The Morgan fingerprint density at radius 1 is 1.17 bits per heavy atom. The van der Waals surface area contributed by atoms with Gasteiger partial charge in [-0.2, -0.15) is 0 Å². The van der Waals surface area contributed by atoms with E-state index in [0.717, 1.165) is 29.1 Å². The van der Waals surface area contributed by atoms with Crippen LogP contribution >= 0.6 is 11.3 Å². The van der Waals surface area contributed by atoms with Crippen LogP contribution in [0.15, 0.2) is 47.0 Å². The summed E-state index contributed by atoms with van der Waals surface area (Å²) in [7, 11) is 0. The van der Waals surface area contributed by atoms with Crippen molar-refractivity contribution in [1.29, 1.82) is 0 Å². The predicted octanol–water partition coefficient (Wildman–Crippen LogP) is 5.28. The second kappa shape index (κ2) is 5.49. The third-order valence-corrected chi connectivity index (χ3v) is 5.73.